The van der Waals surface area contributed by atoms with Crippen LogP contribution >= 0.6 is 0 Å². The highest BCUT2D eigenvalue weighted by molar-refractivity contribution is 8.08. The highest BCUT2D eigenvalue weighted by Crippen LogP contribution is 2.34. The van der Waals surface area contributed by atoms with Crippen molar-refractivity contribution in [2.45, 2.75) is 37.5 Å². The van der Waals surface area contributed by atoms with E-state index in [9.17, 15) is 37.1 Å². The first-order chi connectivity index (χ1) is 20.0. The van der Waals surface area contributed by atoms with Crippen LogP contribution in [0.25, 0.3) is 0 Å². The van der Waals surface area contributed by atoms with Crippen molar-refractivity contribution in [3.05, 3.63) is 115 Å². The van der Waals surface area contributed by atoms with E-state index < -0.39 is 55.8 Å². The average molecular weight is 625 g/mol. The lowest BCUT2D eigenvalue weighted by atomic mass is 10.1. The molecule has 0 saturated carbocycles. The van der Waals surface area contributed by atoms with Crippen molar-refractivity contribution in [1.29, 1.82) is 0 Å². The molecule has 0 unspecified atom stereocenters. The third-order valence-corrected chi connectivity index (χ3v) is 10.8. The summed E-state index contributed by atoms with van der Waals surface area (Å²) in [6.45, 7) is 7.41. The maximum Gasteiger partial charge on any atom is 0.293 e. The van der Waals surface area contributed by atoms with Gasteiger partial charge in [-0.05, 0) is 98.5 Å². The molecule has 0 aromatic heterocycles. The molecule has 12 nitrogen and oxygen atoms in total. The largest absolute Gasteiger partial charge is 0.350 e. The van der Waals surface area contributed by atoms with Gasteiger partial charge in [0.2, 0.25) is 0 Å². The van der Waals surface area contributed by atoms with Crippen molar-refractivity contribution in [3.63, 3.8) is 0 Å². The normalized spacial score (nSPS) is 11.6. The van der Waals surface area contributed by atoms with Gasteiger partial charge in [-0.1, -0.05) is 12.1 Å². The summed E-state index contributed by atoms with van der Waals surface area (Å²) in [7, 11) is -9.26. The summed E-state index contributed by atoms with van der Waals surface area (Å²) in [6, 6.07) is 17.0. The molecular formula is C29H28N4O8S2. The van der Waals surface area contributed by atoms with E-state index in [1.807, 2.05) is 39.8 Å². The number of hydrogen-bond donors (Lipinski definition) is 2. The predicted molar refractivity (Wildman–Crippen MR) is 164 cm³/mol. The molecule has 0 saturated heterocycles. The van der Waals surface area contributed by atoms with Crippen molar-refractivity contribution < 1.29 is 26.7 Å². The van der Waals surface area contributed by atoms with Gasteiger partial charge in [-0.2, -0.15) is 0 Å². The van der Waals surface area contributed by atoms with Crippen molar-refractivity contribution in [3.8, 4) is 0 Å². The average Bonchev–Trinajstić information content (AvgIpc) is 2.87. The fourth-order valence-electron chi connectivity index (χ4n) is 4.67. The molecular weight excluding hydrogens is 596 g/mol. The molecule has 0 spiro atoms. The monoisotopic (exact) mass is 624 g/mol. The lowest BCUT2D eigenvalue weighted by Crippen LogP contribution is -2.17. The van der Waals surface area contributed by atoms with Crippen LogP contribution in [-0.4, -0.2) is 31.8 Å². The first-order valence-corrected chi connectivity index (χ1v) is 16.1. The summed E-state index contributed by atoms with van der Waals surface area (Å²) in [4.78, 5) is 20.9. The Morgan fingerprint density at radius 2 is 0.884 bits per heavy atom. The van der Waals surface area contributed by atoms with Gasteiger partial charge in [0.15, 0.2) is 24.8 Å². The number of anilines is 4. The van der Waals surface area contributed by atoms with E-state index in [0.29, 0.717) is 11.4 Å². The van der Waals surface area contributed by atoms with E-state index in [1.165, 1.54) is 12.1 Å². The Morgan fingerprint density at radius 3 is 1.19 bits per heavy atom. The SMILES string of the molecule is Cc1cc(C)cc(Nc2ccc(S(=O)(=O)CS(=O)(=O)c3ccc(Nc4cc(C)cc(C)c4)c([N+](=O)[O-])c3)cc2[N+](=O)[O-])c1. The number of rotatable bonds is 10. The zero-order chi connectivity index (χ0) is 31.7. The second-order valence-corrected chi connectivity index (χ2v) is 14.6. The molecule has 14 heteroatoms. The number of nitro benzene ring substituents is 2. The van der Waals surface area contributed by atoms with Crippen LogP contribution in [0.15, 0.2) is 82.6 Å². The summed E-state index contributed by atoms with van der Waals surface area (Å²) in [5.74, 6) is 0. The highest BCUT2D eigenvalue weighted by atomic mass is 32.3. The second-order valence-electron chi connectivity index (χ2n) is 10.2. The number of aryl methyl sites for hydroxylation is 4. The number of hydrogen-bond acceptors (Lipinski definition) is 10. The minimum absolute atomic E-state index is 0.0133. The van der Waals surface area contributed by atoms with Gasteiger partial charge in [0.05, 0.1) is 19.6 Å². The molecule has 0 aliphatic carbocycles. The van der Waals surface area contributed by atoms with Gasteiger partial charge in [-0.3, -0.25) is 20.2 Å². The molecule has 0 aliphatic heterocycles. The molecule has 0 amide bonds. The van der Waals surface area contributed by atoms with Crippen LogP contribution in [0.3, 0.4) is 0 Å². The van der Waals surface area contributed by atoms with E-state index in [0.717, 1.165) is 46.5 Å². The van der Waals surface area contributed by atoms with Crippen LogP contribution < -0.4 is 10.6 Å². The van der Waals surface area contributed by atoms with Crippen LogP contribution in [0.1, 0.15) is 22.3 Å². The van der Waals surface area contributed by atoms with Gasteiger partial charge < -0.3 is 10.6 Å². The molecule has 2 N–H and O–H groups in total. The molecule has 0 radical (unpaired) electrons. The van der Waals surface area contributed by atoms with Gasteiger partial charge in [0, 0.05) is 23.5 Å². The lowest BCUT2D eigenvalue weighted by Gasteiger charge is -2.12. The highest BCUT2D eigenvalue weighted by Gasteiger charge is 2.30. The van der Waals surface area contributed by atoms with Crippen molar-refractivity contribution >= 4 is 53.8 Å². The summed E-state index contributed by atoms with van der Waals surface area (Å²) in [5.41, 5.74) is 3.61. The number of nitrogens with one attached hydrogen (secondary N) is 2. The number of benzene rings is 4. The number of nitro groups is 2. The van der Waals surface area contributed by atoms with Crippen LogP contribution in [0.2, 0.25) is 0 Å². The quantitative estimate of drug-likeness (QED) is 0.147. The fourth-order valence-corrected chi connectivity index (χ4v) is 8.52. The van der Waals surface area contributed by atoms with E-state index in [1.54, 1.807) is 24.3 Å². The van der Waals surface area contributed by atoms with Crippen LogP contribution in [0.5, 0.6) is 0 Å². The van der Waals surface area contributed by atoms with Gasteiger partial charge in [0.25, 0.3) is 11.4 Å². The topological polar surface area (TPSA) is 179 Å². The van der Waals surface area contributed by atoms with Gasteiger partial charge in [0.1, 0.15) is 11.4 Å². The molecule has 43 heavy (non-hydrogen) atoms. The number of nitrogens with zero attached hydrogens (tertiary/aromatic N) is 2. The molecule has 0 bridgehead atoms. The summed E-state index contributed by atoms with van der Waals surface area (Å²) in [5, 5.41) is 28.0. The Balaban J connectivity index is 1.64. The van der Waals surface area contributed by atoms with Crippen LogP contribution in [0, 0.1) is 47.9 Å². The molecule has 4 rings (SSSR count). The van der Waals surface area contributed by atoms with Gasteiger partial charge in [-0.25, -0.2) is 16.8 Å². The molecule has 0 atom stereocenters. The molecule has 0 heterocycles. The van der Waals surface area contributed by atoms with E-state index >= 15 is 0 Å². The smallest absolute Gasteiger partial charge is 0.293 e. The van der Waals surface area contributed by atoms with Crippen molar-refractivity contribution in [2.75, 3.05) is 15.7 Å². The Kier molecular flexibility index (Phi) is 8.55. The van der Waals surface area contributed by atoms with E-state index in [2.05, 4.69) is 10.6 Å². The Bertz CT molecular complexity index is 1810. The van der Waals surface area contributed by atoms with Crippen LogP contribution in [-0.2, 0) is 19.7 Å². The van der Waals surface area contributed by atoms with E-state index in [4.69, 9.17) is 0 Å². The molecule has 4 aromatic rings. The van der Waals surface area contributed by atoms with Gasteiger partial charge >= 0.3 is 0 Å². The first-order valence-electron chi connectivity index (χ1n) is 12.8. The number of sulfone groups is 2. The minimum atomic E-state index is -4.63. The third-order valence-electron chi connectivity index (χ3n) is 6.36. The predicted octanol–water partition coefficient (Wildman–Crippen LogP) is 6.43. The summed E-state index contributed by atoms with van der Waals surface area (Å²) < 4.78 is 52.7. The Hall–Kier alpha value is -4.82. The van der Waals surface area contributed by atoms with Gasteiger partial charge in [-0.15, -0.1) is 0 Å². The Morgan fingerprint density at radius 1 is 0.558 bits per heavy atom. The standard InChI is InChI=1S/C29H28N4O8S2/c1-18-9-19(2)12-22(11-18)30-26-7-5-24(15-28(26)32(34)35)42(38,39)17-43(40,41)25-6-8-27(29(16-25)33(36)37)31-23-13-20(3)10-21(4)14-23/h5-16,30-31H,17H2,1-4H3. The van der Waals surface area contributed by atoms with Crippen LogP contribution in [0.4, 0.5) is 34.1 Å². The lowest BCUT2D eigenvalue weighted by molar-refractivity contribution is -0.384. The van der Waals surface area contributed by atoms with Crippen molar-refractivity contribution in [2.24, 2.45) is 0 Å². The molecule has 4 aromatic carbocycles. The molecule has 0 fully saturated rings. The maximum absolute atomic E-state index is 13.2. The summed E-state index contributed by atoms with van der Waals surface area (Å²) in [6.07, 6.45) is 0. The van der Waals surface area contributed by atoms with Crippen molar-refractivity contribution in [1.82, 2.24) is 0 Å². The summed E-state index contributed by atoms with van der Waals surface area (Å²) >= 11 is 0. The molecule has 0 aliphatic rings. The third kappa shape index (κ3) is 7.34. The molecule has 224 valence electrons. The first kappa shape index (κ1) is 31.1. The maximum atomic E-state index is 13.2. The minimum Gasteiger partial charge on any atom is -0.350 e. The fraction of sp³-hybridized carbons (Fsp3) is 0.172. The zero-order valence-corrected chi connectivity index (χ0v) is 25.2. The second kappa shape index (κ2) is 11.8. The zero-order valence-electron chi connectivity index (χ0n) is 23.6. The van der Waals surface area contributed by atoms with E-state index in [-0.39, 0.29) is 11.4 Å². The Labute approximate surface area is 248 Å².